The summed E-state index contributed by atoms with van der Waals surface area (Å²) in [5, 5.41) is 0. The molecule has 0 amide bonds. The van der Waals surface area contributed by atoms with E-state index in [1.165, 1.54) is 0 Å². The zero-order chi connectivity index (χ0) is 13.2. The Labute approximate surface area is 98.3 Å². The molecule has 0 saturated carbocycles. The van der Waals surface area contributed by atoms with Gasteiger partial charge in [0, 0.05) is 0 Å². The van der Waals surface area contributed by atoms with Gasteiger partial charge in [0.2, 0.25) is 0 Å². The summed E-state index contributed by atoms with van der Waals surface area (Å²) in [6.45, 7) is 10.2. The van der Waals surface area contributed by atoms with Crippen molar-refractivity contribution < 1.29 is 17.9 Å². The topological polar surface area (TPSA) is 60.4 Å². The first kappa shape index (κ1) is 15.4. The maximum Gasteiger partial charge on any atom is 0.321 e. The molecule has 4 nitrogen and oxygen atoms in total. The SMILES string of the molecule is CCC(C)(C)S(=O)(=O)CC(=O)OC(C)(C)C. The van der Waals surface area contributed by atoms with Crippen LogP contribution in [-0.2, 0) is 19.4 Å². The minimum Gasteiger partial charge on any atom is -0.459 e. The van der Waals surface area contributed by atoms with Crippen LogP contribution in [0.5, 0.6) is 0 Å². The van der Waals surface area contributed by atoms with Gasteiger partial charge < -0.3 is 4.74 Å². The number of hydrogen-bond acceptors (Lipinski definition) is 4. The lowest BCUT2D eigenvalue weighted by atomic mass is 10.1. The lowest BCUT2D eigenvalue weighted by Gasteiger charge is -2.24. The summed E-state index contributed by atoms with van der Waals surface area (Å²) in [5.41, 5.74) is -0.650. The number of carbonyl (C=O) groups is 1. The van der Waals surface area contributed by atoms with E-state index in [-0.39, 0.29) is 0 Å². The molecule has 0 rings (SSSR count). The Hall–Kier alpha value is -0.580. The van der Waals surface area contributed by atoms with Gasteiger partial charge in [-0.15, -0.1) is 0 Å². The third-order valence-electron chi connectivity index (χ3n) is 2.42. The van der Waals surface area contributed by atoms with Gasteiger partial charge in [0.25, 0.3) is 0 Å². The van der Waals surface area contributed by atoms with Crippen molar-refractivity contribution in [3.05, 3.63) is 0 Å². The Bertz CT molecular complexity index is 347. The first-order valence-electron chi connectivity index (χ1n) is 5.35. The fourth-order valence-corrected chi connectivity index (χ4v) is 2.14. The second-order valence-electron chi connectivity index (χ2n) is 5.46. The average molecular weight is 250 g/mol. The average Bonchev–Trinajstić information content (AvgIpc) is 1.98. The molecule has 0 unspecified atom stereocenters. The molecule has 0 fully saturated rings. The summed E-state index contributed by atoms with van der Waals surface area (Å²) in [6.07, 6.45) is 0.470. The molecule has 0 aliphatic carbocycles. The summed E-state index contributed by atoms with van der Waals surface area (Å²) >= 11 is 0. The van der Waals surface area contributed by atoms with E-state index >= 15 is 0 Å². The third-order valence-corrected chi connectivity index (χ3v) is 5.01. The molecule has 0 aromatic heterocycles. The van der Waals surface area contributed by atoms with Crippen molar-refractivity contribution >= 4 is 15.8 Å². The van der Waals surface area contributed by atoms with E-state index in [1.54, 1.807) is 41.5 Å². The minimum absolute atomic E-state index is 0.470. The molecule has 0 saturated heterocycles. The van der Waals surface area contributed by atoms with Gasteiger partial charge >= 0.3 is 5.97 Å². The molecular weight excluding hydrogens is 228 g/mol. The zero-order valence-corrected chi connectivity index (χ0v) is 11.8. The minimum atomic E-state index is -3.46. The molecule has 0 atom stereocenters. The normalized spacial score (nSPS) is 13.6. The van der Waals surface area contributed by atoms with Gasteiger partial charge in [-0.3, -0.25) is 4.79 Å². The fourth-order valence-electron chi connectivity index (χ4n) is 0.941. The van der Waals surface area contributed by atoms with Crippen LogP contribution < -0.4 is 0 Å². The van der Waals surface area contributed by atoms with Crippen molar-refractivity contribution in [2.24, 2.45) is 0 Å². The van der Waals surface area contributed by atoms with Crippen molar-refractivity contribution in [3.8, 4) is 0 Å². The van der Waals surface area contributed by atoms with Crippen LogP contribution in [-0.4, -0.2) is 30.5 Å². The largest absolute Gasteiger partial charge is 0.459 e. The zero-order valence-electron chi connectivity index (χ0n) is 11.0. The van der Waals surface area contributed by atoms with E-state index in [4.69, 9.17) is 4.74 Å². The Morgan fingerprint density at radius 3 is 1.88 bits per heavy atom. The lowest BCUT2D eigenvalue weighted by Crippen LogP contribution is -2.38. The standard InChI is InChI=1S/C11H22O4S/c1-7-11(5,6)16(13,14)8-9(12)15-10(2,3)4/h7-8H2,1-6H3. The molecule has 0 radical (unpaired) electrons. The predicted molar refractivity (Wildman–Crippen MR) is 64.0 cm³/mol. The van der Waals surface area contributed by atoms with Gasteiger partial charge in [-0.2, -0.15) is 0 Å². The highest BCUT2D eigenvalue weighted by Gasteiger charge is 2.35. The van der Waals surface area contributed by atoms with Gasteiger partial charge in [-0.1, -0.05) is 6.92 Å². The highest BCUT2D eigenvalue weighted by molar-refractivity contribution is 7.93. The molecule has 0 N–H and O–H groups in total. The third kappa shape index (κ3) is 4.51. The molecular formula is C11H22O4S. The summed E-state index contributed by atoms with van der Waals surface area (Å²) < 4.78 is 27.9. The van der Waals surface area contributed by atoms with E-state index in [1.807, 2.05) is 0 Å². The first-order valence-corrected chi connectivity index (χ1v) is 7.00. The van der Waals surface area contributed by atoms with Gasteiger partial charge in [0.05, 0.1) is 4.75 Å². The lowest BCUT2D eigenvalue weighted by molar-refractivity contribution is -0.151. The van der Waals surface area contributed by atoms with E-state index < -0.39 is 31.9 Å². The molecule has 0 aliphatic heterocycles. The van der Waals surface area contributed by atoms with Crippen LogP contribution in [0.2, 0.25) is 0 Å². The van der Waals surface area contributed by atoms with Crippen molar-refractivity contribution in [3.63, 3.8) is 0 Å². The molecule has 5 heteroatoms. The maximum atomic E-state index is 11.9. The van der Waals surface area contributed by atoms with Crippen molar-refractivity contribution in [2.45, 2.75) is 58.3 Å². The fraction of sp³-hybridized carbons (Fsp3) is 0.909. The molecule has 16 heavy (non-hydrogen) atoms. The Balaban J connectivity index is 4.70. The number of sulfone groups is 1. The second kappa shape index (κ2) is 4.73. The number of rotatable bonds is 4. The van der Waals surface area contributed by atoms with Crippen LogP contribution in [0.1, 0.15) is 48.0 Å². The maximum absolute atomic E-state index is 11.9. The van der Waals surface area contributed by atoms with Crippen molar-refractivity contribution in [1.29, 1.82) is 0 Å². The summed E-state index contributed by atoms with van der Waals surface area (Å²) in [6, 6.07) is 0. The molecule has 0 spiro atoms. The summed E-state index contributed by atoms with van der Waals surface area (Å²) in [4.78, 5) is 11.4. The Morgan fingerprint density at radius 1 is 1.12 bits per heavy atom. The van der Waals surface area contributed by atoms with Crippen LogP contribution in [0, 0.1) is 0 Å². The second-order valence-corrected chi connectivity index (χ2v) is 8.08. The summed E-state index contributed by atoms with van der Waals surface area (Å²) in [5.74, 6) is -1.24. The monoisotopic (exact) mass is 250 g/mol. The molecule has 0 aromatic rings. The van der Waals surface area contributed by atoms with Gasteiger partial charge in [0.15, 0.2) is 9.84 Å². The molecule has 0 heterocycles. The molecule has 0 aliphatic rings. The van der Waals surface area contributed by atoms with E-state index in [2.05, 4.69) is 0 Å². The van der Waals surface area contributed by atoms with Crippen LogP contribution in [0.4, 0.5) is 0 Å². The van der Waals surface area contributed by atoms with Gasteiger partial charge in [0.1, 0.15) is 11.4 Å². The quantitative estimate of drug-likeness (QED) is 0.715. The Morgan fingerprint density at radius 2 is 1.56 bits per heavy atom. The van der Waals surface area contributed by atoms with Crippen LogP contribution in [0.3, 0.4) is 0 Å². The Kier molecular flexibility index (Phi) is 4.56. The molecule has 0 aromatic carbocycles. The van der Waals surface area contributed by atoms with Gasteiger partial charge in [-0.05, 0) is 41.0 Å². The number of esters is 1. The molecule has 0 bridgehead atoms. The highest BCUT2D eigenvalue weighted by Crippen LogP contribution is 2.21. The van der Waals surface area contributed by atoms with Crippen LogP contribution in [0.25, 0.3) is 0 Å². The first-order chi connectivity index (χ1) is 6.91. The summed E-state index contributed by atoms with van der Waals surface area (Å²) in [7, 11) is -3.46. The smallest absolute Gasteiger partial charge is 0.321 e. The van der Waals surface area contributed by atoms with Crippen LogP contribution in [0.15, 0.2) is 0 Å². The van der Waals surface area contributed by atoms with Crippen LogP contribution >= 0.6 is 0 Å². The number of carbonyl (C=O) groups excluding carboxylic acids is 1. The van der Waals surface area contributed by atoms with Crippen molar-refractivity contribution in [2.75, 3.05) is 5.75 Å². The predicted octanol–water partition coefficient (Wildman–Crippen LogP) is 1.93. The van der Waals surface area contributed by atoms with Gasteiger partial charge in [-0.25, -0.2) is 8.42 Å². The van der Waals surface area contributed by atoms with Crippen molar-refractivity contribution in [1.82, 2.24) is 0 Å². The number of hydrogen-bond donors (Lipinski definition) is 0. The van der Waals surface area contributed by atoms with E-state index in [9.17, 15) is 13.2 Å². The molecule has 96 valence electrons. The van der Waals surface area contributed by atoms with E-state index in [0.717, 1.165) is 0 Å². The van der Waals surface area contributed by atoms with E-state index in [0.29, 0.717) is 6.42 Å². The number of ether oxygens (including phenoxy) is 1. The highest BCUT2D eigenvalue weighted by atomic mass is 32.2.